The molecule has 3 aromatic rings. The quantitative estimate of drug-likeness (QED) is 0.492. The maximum absolute atomic E-state index is 14.0. The number of nitrogens with two attached hydrogens (primary N) is 1. The van der Waals surface area contributed by atoms with Crippen molar-refractivity contribution in [3.05, 3.63) is 93.4 Å². The molecule has 0 saturated carbocycles. The van der Waals surface area contributed by atoms with Crippen molar-refractivity contribution < 1.29 is 13.6 Å². The fourth-order valence-corrected chi connectivity index (χ4v) is 2.77. The van der Waals surface area contributed by atoms with Crippen molar-refractivity contribution in [1.29, 1.82) is 5.41 Å². The summed E-state index contributed by atoms with van der Waals surface area (Å²) in [5, 5.41) is 11.0. The summed E-state index contributed by atoms with van der Waals surface area (Å²) >= 11 is 0. The summed E-state index contributed by atoms with van der Waals surface area (Å²) in [6, 6.07) is 11.2. The van der Waals surface area contributed by atoms with Crippen LogP contribution in [0.3, 0.4) is 0 Å². The smallest absolute Gasteiger partial charge is 0.259 e. The number of para-hydroxylation sites is 1. The van der Waals surface area contributed by atoms with Gasteiger partial charge in [0, 0.05) is 11.8 Å². The predicted octanol–water partition coefficient (Wildman–Crippen LogP) is 2.84. The first-order chi connectivity index (χ1) is 13.4. The SMILES string of the molecule is N=C(c1cccc(CC(N)=O)c1)c1c(Nc2c(F)cccc2F)cc[nH]c1=O. The third-order valence-corrected chi connectivity index (χ3v) is 4.03. The average molecular weight is 382 g/mol. The van der Waals surface area contributed by atoms with Crippen molar-refractivity contribution in [2.75, 3.05) is 5.32 Å². The van der Waals surface area contributed by atoms with Gasteiger partial charge in [0.25, 0.3) is 5.56 Å². The van der Waals surface area contributed by atoms with E-state index in [4.69, 9.17) is 11.1 Å². The van der Waals surface area contributed by atoms with E-state index >= 15 is 0 Å². The standard InChI is InChI=1S/C20H16F2N4O2/c21-13-5-2-6-14(22)19(13)26-15-7-8-25-20(28)17(15)18(24)12-4-1-3-11(9-12)10-16(23)27/h1-9,24H,10H2,(H2,23,27)(H2,25,26,28). The van der Waals surface area contributed by atoms with Crippen LogP contribution in [-0.2, 0) is 11.2 Å². The zero-order valence-electron chi connectivity index (χ0n) is 14.6. The highest BCUT2D eigenvalue weighted by atomic mass is 19.1. The molecule has 0 aliphatic heterocycles. The molecule has 0 spiro atoms. The highest BCUT2D eigenvalue weighted by molar-refractivity contribution is 6.14. The predicted molar refractivity (Wildman–Crippen MR) is 102 cm³/mol. The summed E-state index contributed by atoms with van der Waals surface area (Å²) in [7, 11) is 0. The van der Waals surface area contributed by atoms with Crippen LogP contribution < -0.4 is 16.6 Å². The lowest BCUT2D eigenvalue weighted by atomic mass is 9.99. The van der Waals surface area contributed by atoms with Crippen molar-refractivity contribution >= 4 is 23.0 Å². The molecule has 28 heavy (non-hydrogen) atoms. The molecule has 0 fully saturated rings. The number of amides is 1. The molecule has 142 valence electrons. The lowest BCUT2D eigenvalue weighted by Gasteiger charge is -2.14. The first-order valence-electron chi connectivity index (χ1n) is 8.26. The van der Waals surface area contributed by atoms with Gasteiger partial charge in [-0.15, -0.1) is 0 Å². The van der Waals surface area contributed by atoms with Crippen molar-refractivity contribution in [3.8, 4) is 0 Å². The zero-order chi connectivity index (χ0) is 20.3. The Bertz CT molecular complexity index is 1100. The molecule has 3 rings (SSSR count). The molecule has 0 bridgehead atoms. The van der Waals surface area contributed by atoms with Gasteiger partial charge in [0.15, 0.2) is 0 Å². The molecule has 6 nitrogen and oxygen atoms in total. The van der Waals surface area contributed by atoms with Gasteiger partial charge in [-0.2, -0.15) is 0 Å². The molecule has 0 atom stereocenters. The Morgan fingerprint density at radius 1 is 1.11 bits per heavy atom. The molecular formula is C20H16F2N4O2. The fourth-order valence-electron chi connectivity index (χ4n) is 2.77. The third kappa shape index (κ3) is 3.96. The zero-order valence-corrected chi connectivity index (χ0v) is 14.6. The maximum atomic E-state index is 14.0. The number of pyridine rings is 1. The van der Waals surface area contributed by atoms with Gasteiger partial charge in [0.2, 0.25) is 5.91 Å². The van der Waals surface area contributed by atoms with Crippen molar-refractivity contribution in [3.63, 3.8) is 0 Å². The van der Waals surface area contributed by atoms with Gasteiger partial charge in [-0.3, -0.25) is 15.0 Å². The third-order valence-electron chi connectivity index (χ3n) is 4.03. The van der Waals surface area contributed by atoms with E-state index in [-0.39, 0.29) is 23.4 Å². The molecule has 0 aliphatic rings. The molecule has 2 aromatic carbocycles. The molecule has 8 heteroatoms. The molecule has 0 aliphatic carbocycles. The van der Waals surface area contributed by atoms with Crippen LogP contribution >= 0.6 is 0 Å². The van der Waals surface area contributed by atoms with Crippen LogP contribution in [0, 0.1) is 17.0 Å². The largest absolute Gasteiger partial charge is 0.369 e. The Kier molecular flexibility index (Phi) is 5.30. The minimum absolute atomic E-state index is 0.0161. The average Bonchev–Trinajstić information content (AvgIpc) is 2.64. The van der Waals surface area contributed by atoms with E-state index in [0.29, 0.717) is 11.1 Å². The lowest BCUT2D eigenvalue weighted by Crippen LogP contribution is -2.21. The van der Waals surface area contributed by atoms with Gasteiger partial charge >= 0.3 is 0 Å². The van der Waals surface area contributed by atoms with Crippen LogP contribution in [0.25, 0.3) is 0 Å². The van der Waals surface area contributed by atoms with Gasteiger partial charge in [0.05, 0.1) is 23.4 Å². The molecule has 1 heterocycles. The number of halogens is 2. The summed E-state index contributed by atoms with van der Waals surface area (Å²) < 4.78 is 28.0. The monoisotopic (exact) mass is 382 g/mol. The number of benzene rings is 2. The molecule has 0 radical (unpaired) electrons. The topological polar surface area (TPSA) is 112 Å². The normalized spacial score (nSPS) is 10.5. The lowest BCUT2D eigenvalue weighted by molar-refractivity contribution is -0.117. The van der Waals surface area contributed by atoms with Crippen LogP contribution in [0.4, 0.5) is 20.2 Å². The summed E-state index contributed by atoms with van der Waals surface area (Å²) in [6.07, 6.45) is 1.29. The number of aromatic nitrogens is 1. The summed E-state index contributed by atoms with van der Waals surface area (Å²) in [4.78, 5) is 26.0. The number of nitrogens with one attached hydrogen (secondary N) is 3. The van der Waals surface area contributed by atoms with Gasteiger partial charge in [-0.05, 0) is 29.8 Å². The minimum Gasteiger partial charge on any atom is -0.369 e. The molecule has 0 saturated heterocycles. The maximum Gasteiger partial charge on any atom is 0.259 e. The first kappa shape index (κ1) is 19.0. The second-order valence-electron chi connectivity index (χ2n) is 6.04. The Hall–Kier alpha value is -3.81. The molecule has 0 unspecified atom stereocenters. The van der Waals surface area contributed by atoms with Gasteiger partial charge < -0.3 is 16.0 Å². The van der Waals surface area contributed by atoms with Crippen LogP contribution in [0.5, 0.6) is 0 Å². The van der Waals surface area contributed by atoms with Gasteiger partial charge in [0.1, 0.15) is 17.3 Å². The summed E-state index contributed by atoms with van der Waals surface area (Å²) in [5.74, 6) is -2.19. The number of rotatable bonds is 6. The fraction of sp³-hybridized carbons (Fsp3) is 0.0500. The molecule has 5 N–H and O–H groups in total. The van der Waals surface area contributed by atoms with Gasteiger partial charge in [-0.1, -0.05) is 24.3 Å². The summed E-state index contributed by atoms with van der Waals surface area (Å²) in [6.45, 7) is 0. The van der Waals surface area contributed by atoms with Crippen LogP contribution in [0.15, 0.2) is 59.5 Å². The molecule has 1 amide bonds. The number of hydrogen-bond donors (Lipinski definition) is 4. The minimum atomic E-state index is -0.832. The van der Waals surface area contributed by atoms with Gasteiger partial charge in [-0.25, -0.2) is 8.78 Å². The Morgan fingerprint density at radius 2 is 1.79 bits per heavy atom. The highest BCUT2D eigenvalue weighted by Crippen LogP contribution is 2.25. The number of anilines is 2. The van der Waals surface area contributed by atoms with E-state index in [0.717, 1.165) is 12.1 Å². The van der Waals surface area contributed by atoms with E-state index in [1.54, 1.807) is 24.3 Å². The van der Waals surface area contributed by atoms with E-state index in [1.807, 2.05) is 0 Å². The van der Waals surface area contributed by atoms with E-state index in [2.05, 4.69) is 10.3 Å². The number of carbonyl (C=O) groups is 1. The van der Waals surface area contributed by atoms with Crippen molar-refractivity contribution in [2.24, 2.45) is 5.73 Å². The van der Waals surface area contributed by atoms with Crippen LogP contribution in [0.2, 0.25) is 0 Å². The number of aromatic amines is 1. The number of carbonyl (C=O) groups excluding carboxylic acids is 1. The van der Waals surface area contributed by atoms with Crippen molar-refractivity contribution in [1.82, 2.24) is 4.98 Å². The van der Waals surface area contributed by atoms with Crippen LogP contribution in [-0.4, -0.2) is 16.6 Å². The molecule has 1 aromatic heterocycles. The van der Waals surface area contributed by atoms with E-state index in [1.165, 1.54) is 18.3 Å². The Labute approximate surface area is 158 Å². The van der Waals surface area contributed by atoms with Crippen LogP contribution in [0.1, 0.15) is 16.7 Å². The first-order valence-corrected chi connectivity index (χ1v) is 8.26. The van der Waals surface area contributed by atoms with E-state index < -0.39 is 28.8 Å². The second kappa shape index (κ2) is 7.83. The number of primary amides is 1. The molecular weight excluding hydrogens is 366 g/mol. The number of H-pyrrole nitrogens is 1. The Morgan fingerprint density at radius 3 is 2.46 bits per heavy atom. The summed E-state index contributed by atoms with van der Waals surface area (Å²) in [5.41, 5.74) is 4.90. The second-order valence-corrected chi connectivity index (χ2v) is 6.04. The Balaban J connectivity index is 2.04. The van der Waals surface area contributed by atoms with E-state index in [9.17, 15) is 18.4 Å². The van der Waals surface area contributed by atoms with Crippen molar-refractivity contribution in [2.45, 2.75) is 6.42 Å². The number of hydrogen-bond acceptors (Lipinski definition) is 4. The highest BCUT2D eigenvalue weighted by Gasteiger charge is 2.17.